The van der Waals surface area contributed by atoms with Crippen molar-refractivity contribution in [2.45, 2.75) is 269 Å². The van der Waals surface area contributed by atoms with Gasteiger partial charge in [0.15, 0.2) is 12.4 Å². The lowest BCUT2D eigenvalue weighted by atomic mass is 9.99. The predicted octanol–water partition coefficient (Wildman–Crippen LogP) is 10.6. The molecule has 1 saturated heterocycles. The fraction of sp³-hybridized carbons (Fsp3) is 0.957. The zero-order chi connectivity index (χ0) is 41.6. The number of hydrogen-bond acceptors (Lipinski definition) is 10. The molecule has 1 aliphatic rings. The van der Waals surface area contributed by atoms with E-state index < -0.39 is 49.4 Å². The van der Waals surface area contributed by atoms with Crippen molar-refractivity contribution in [2.24, 2.45) is 0 Å². The molecule has 57 heavy (non-hydrogen) atoms. The van der Waals surface area contributed by atoms with Crippen LogP contribution in [0.2, 0.25) is 0 Å². The molecule has 0 saturated carbocycles. The Labute approximate surface area is 348 Å². The van der Waals surface area contributed by atoms with Crippen LogP contribution in [-0.2, 0) is 28.5 Å². The summed E-state index contributed by atoms with van der Waals surface area (Å²) < 4.78 is 22.2. The van der Waals surface area contributed by atoms with Gasteiger partial charge in [-0.15, -0.1) is 0 Å². The van der Waals surface area contributed by atoms with Gasteiger partial charge in [-0.2, -0.15) is 0 Å². The van der Waals surface area contributed by atoms with Gasteiger partial charge in [-0.3, -0.25) is 9.59 Å². The summed E-state index contributed by atoms with van der Waals surface area (Å²) >= 11 is 0. The van der Waals surface area contributed by atoms with E-state index in [2.05, 4.69) is 13.8 Å². The first-order valence-corrected chi connectivity index (χ1v) is 24.1. The Kier molecular flexibility index (Phi) is 36.6. The highest BCUT2D eigenvalue weighted by Crippen LogP contribution is 2.23. The SMILES string of the molecule is CCCCCCCCCCCCCCCCCCCCCCCC(=O)O[C@H](COC(=O)CCCCCCCCCCCCC)CO[C@@H]1O[C@H](CO)[C@H](O)C(O)C1O. The Balaban J connectivity index is 2.24. The molecule has 0 aromatic rings. The summed E-state index contributed by atoms with van der Waals surface area (Å²) in [5.41, 5.74) is 0. The average Bonchev–Trinajstić information content (AvgIpc) is 3.21. The molecule has 1 heterocycles. The van der Waals surface area contributed by atoms with E-state index in [-0.39, 0.29) is 32.0 Å². The molecule has 0 radical (unpaired) electrons. The molecule has 0 amide bonds. The summed E-state index contributed by atoms with van der Waals surface area (Å²) in [5.74, 6) is -0.791. The topological polar surface area (TPSA) is 152 Å². The summed E-state index contributed by atoms with van der Waals surface area (Å²) in [6, 6.07) is 0. The van der Waals surface area contributed by atoms with Crippen LogP contribution < -0.4 is 0 Å². The minimum atomic E-state index is -1.59. The van der Waals surface area contributed by atoms with Crippen molar-refractivity contribution in [2.75, 3.05) is 19.8 Å². The molecule has 0 aliphatic carbocycles. The van der Waals surface area contributed by atoms with Gasteiger partial charge < -0.3 is 39.4 Å². The van der Waals surface area contributed by atoms with Gasteiger partial charge in [0.25, 0.3) is 0 Å². The van der Waals surface area contributed by atoms with Crippen LogP contribution in [0.15, 0.2) is 0 Å². The van der Waals surface area contributed by atoms with Crippen molar-refractivity contribution in [3.05, 3.63) is 0 Å². The first-order valence-electron chi connectivity index (χ1n) is 24.1. The number of carbonyl (C=O) groups is 2. The number of hydrogen-bond donors (Lipinski definition) is 4. The minimum absolute atomic E-state index is 0.209. The van der Waals surface area contributed by atoms with Gasteiger partial charge in [0.05, 0.1) is 13.2 Å². The first-order chi connectivity index (χ1) is 27.8. The quantitative estimate of drug-likeness (QED) is 0.0347. The lowest BCUT2D eigenvalue weighted by molar-refractivity contribution is -0.305. The second kappa shape index (κ2) is 38.9. The maximum absolute atomic E-state index is 12.8. The third kappa shape index (κ3) is 30.4. The Morgan fingerprint density at radius 3 is 1.19 bits per heavy atom. The molecule has 338 valence electrons. The van der Waals surface area contributed by atoms with Gasteiger partial charge in [-0.1, -0.05) is 206 Å². The van der Waals surface area contributed by atoms with Crippen LogP contribution in [0.5, 0.6) is 0 Å². The normalized spacial score (nSPS) is 20.1. The van der Waals surface area contributed by atoms with Crippen LogP contribution in [0, 0.1) is 0 Å². The van der Waals surface area contributed by atoms with E-state index in [0.29, 0.717) is 6.42 Å². The monoisotopic (exact) mass is 815 g/mol. The second-order valence-corrected chi connectivity index (χ2v) is 16.9. The van der Waals surface area contributed by atoms with E-state index in [0.717, 1.165) is 38.5 Å². The van der Waals surface area contributed by atoms with Crippen LogP contribution >= 0.6 is 0 Å². The maximum atomic E-state index is 12.8. The van der Waals surface area contributed by atoms with Gasteiger partial charge in [-0.05, 0) is 12.8 Å². The van der Waals surface area contributed by atoms with Crippen LogP contribution in [0.3, 0.4) is 0 Å². The van der Waals surface area contributed by atoms with Gasteiger partial charge in [0.2, 0.25) is 0 Å². The van der Waals surface area contributed by atoms with Crippen LogP contribution in [0.4, 0.5) is 0 Å². The molecule has 1 rings (SSSR count). The standard InChI is InChI=1S/C47H90O10/c1-3-5-7-9-11-13-15-16-17-18-19-20-21-22-23-24-26-28-30-32-34-36-43(50)56-40(39-55-47-46(53)45(52)44(51)41(37-48)57-47)38-54-42(49)35-33-31-29-27-25-14-12-10-8-6-4-2/h40-41,44-48,51-53H,3-39H2,1-2H3/t40-,41-,44+,45?,46?,47-/m1/s1. The highest BCUT2D eigenvalue weighted by Gasteiger charge is 2.44. The molecule has 4 N–H and O–H groups in total. The smallest absolute Gasteiger partial charge is 0.306 e. The van der Waals surface area contributed by atoms with Crippen molar-refractivity contribution < 1.29 is 49.0 Å². The Morgan fingerprint density at radius 2 is 0.825 bits per heavy atom. The van der Waals surface area contributed by atoms with Crippen molar-refractivity contribution in [3.63, 3.8) is 0 Å². The van der Waals surface area contributed by atoms with Gasteiger partial charge >= 0.3 is 11.9 Å². The van der Waals surface area contributed by atoms with Crippen molar-refractivity contribution in [1.82, 2.24) is 0 Å². The number of aliphatic hydroxyl groups excluding tert-OH is 4. The molecule has 10 heteroatoms. The fourth-order valence-corrected chi connectivity index (χ4v) is 7.66. The lowest BCUT2D eigenvalue weighted by Gasteiger charge is -2.39. The van der Waals surface area contributed by atoms with E-state index in [9.17, 15) is 30.0 Å². The molecular formula is C47H90O10. The summed E-state index contributed by atoms with van der Waals surface area (Å²) in [6.07, 6.45) is 32.6. The number of rotatable bonds is 41. The van der Waals surface area contributed by atoms with E-state index in [1.54, 1.807) is 0 Å². The number of carbonyl (C=O) groups excluding carboxylic acids is 2. The zero-order valence-corrected chi connectivity index (χ0v) is 36.9. The van der Waals surface area contributed by atoms with E-state index in [4.69, 9.17) is 18.9 Å². The molecule has 0 aromatic carbocycles. The summed E-state index contributed by atoms with van der Waals surface area (Å²) in [5, 5.41) is 40.1. The molecule has 0 spiro atoms. The molecular weight excluding hydrogens is 725 g/mol. The zero-order valence-electron chi connectivity index (χ0n) is 36.9. The van der Waals surface area contributed by atoms with Gasteiger partial charge in [0.1, 0.15) is 31.0 Å². The molecule has 2 unspecified atom stereocenters. The number of esters is 2. The fourth-order valence-electron chi connectivity index (χ4n) is 7.66. The Morgan fingerprint density at radius 1 is 0.474 bits per heavy atom. The first kappa shape index (κ1) is 53.7. The third-order valence-corrected chi connectivity index (χ3v) is 11.5. The Hall–Kier alpha value is -1.30. The lowest BCUT2D eigenvalue weighted by Crippen LogP contribution is -2.59. The van der Waals surface area contributed by atoms with Crippen LogP contribution in [-0.4, -0.2) is 89.0 Å². The predicted molar refractivity (Wildman–Crippen MR) is 229 cm³/mol. The van der Waals surface area contributed by atoms with Crippen LogP contribution in [0.25, 0.3) is 0 Å². The van der Waals surface area contributed by atoms with Crippen molar-refractivity contribution in [1.29, 1.82) is 0 Å². The Bertz CT molecular complexity index is 901. The third-order valence-electron chi connectivity index (χ3n) is 11.5. The average molecular weight is 815 g/mol. The van der Waals surface area contributed by atoms with Crippen molar-refractivity contribution >= 4 is 11.9 Å². The maximum Gasteiger partial charge on any atom is 0.306 e. The molecule has 1 aliphatic heterocycles. The van der Waals surface area contributed by atoms with Crippen LogP contribution in [0.1, 0.15) is 232 Å². The molecule has 6 atom stereocenters. The number of unbranched alkanes of at least 4 members (excludes halogenated alkanes) is 30. The van der Waals surface area contributed by atoms with Gasteiger partial charge in [-0.25, -0.2) is 0 Å². The molecule has 0 aromatic heterocycles. The highest BCUT2D eigenvalue weighted by molar-refractivity contribution is 5.70. The van der Waals surface area contributed by atoms with Crippen molar-refractivity contribution in [3.8, 4) is 0 Å². The van der Waals surface area contributed by atoms with Gasteiger partial charge in [0, 0.05) is 12.8 Å². The summed E-state index contributed by atoms with van der Waals surface area (Å²) in [4.78, 5) is 25.3. The van der Waals surface area contributed by atoms with E-state index in [1.807, 2.05) is 0 Å². The van der Waals surface area contributed by atoms with E-state index in [1.165, 1.54) is 161 Å². The number of aliphatic hydroxyl groups is 4. The highest BCUT2D eigenvalue weighted by atomic mass is 16.7. The largest absolute Gasteiger partial charge is 0.462 e. The van der Waals surface area contributed by atoms with E-state index >= 15 is 0 Å². The second-order valence-electron chi connectivity index (χ2n) is 16.9. The molecule has 10 nitrogen and oxygen atoms in total. The summed E-state index contributed by atoms with van der Waals surface area (Å²) in [7, 11) is 0. The molecule has 0 bridgehead atoms. The minimum Gasteiger partial charge on any atom is -0.462 e. The number of ether oxygens (including phenoxy) is 4. The summed E-state index contributed by atoms with van der Waals surface area (Å²) in [6.45, 7) is 3.45. The molecule has 1 fully saturated rings.